The second kappa shape index (κ2) is 3.15. The molecule has 0 aliphatic heterocycles. The third kappa shape index (κ3) is 1.27. The number of rotatable bonds is 1. The van der Waals surface area contributed by atoms with Crippen LogP contribution in [0.15, 0.2) is 0 Å². The average Bonchev–Trinajstić information content (AvgIpc) is 2.52. The summed E-state index contributed by atoms with van der Waals surface area (Å²) < 4.78 is 0.733. The Bertz CT molecular complexity index is 359. The third-order valence-electron chi connectivity index (χ3n) is 2.13. The summed E-state index contributed by atoms with van der Waals surface area (Å²) in [5.74, 6) is 1.21. The van der Waals surface area contributed by atoms with Crippen molar-refractivity contribution in [3.63, 3.8) is 0 Å². The number of halogens is 1. The van der Waals surface area contributed by atoms with Gasteiger partial charge in [0.05, 0.1) is 5.88 Å². The molecule has 1 aromatic rings. The molecule has 0 fully saturated rings. The van der Waals surface area contributed by atoms with Gasteiger partial charge in [0.1, 0.15) is 10.5 Å². The van der Waals surface area contributed by atoms with Gasteiger partial charge < -0.3 is 4.98 Å². The van der Waals surface area contributed by atoms with Crippen LogP contribution in [0, 0.1) is 4.64 Å². The number of H-pyrrole nitrogens is 1. The van der Waals surface area contributed by atoms with Crippen molar-refractivity contribution < 1.29 is 0 Å². The molecule has 0 spiro atoms. The summed E-state index contributed by atoms with van der Waals surface area (Å²) in [6.07, 6.45) is 3.34. The minimum absolute atomic E-state index is 0.414. The number of alkyl halides is 1. The summed E-state index contributed by atoms with van der Waals surface area (Å²) in [7, 11) is 0. The Hall–Kier alpha value is -0.410. The van der Waals surface area contributed by atoms with Gasteiger partial charge in [-0.15, -0.1) is 11.6 Å². The molecule has 2 nitrogen and oxygen atoms in total. The molecule has 0 radical (unpaired) electrons. The lowest BCUT2D eigenvalue weighted by atomic mass is 10.3. The normalized spacial score (nSPS) is 14.8. The van der Waals surface area contributed by atoms with E-state index in [-0.39, 0.29) is 0 Å². The van der Waals surface area contributed by atoms with Gasteiger partial charge in [-0.25, -0.2) is 4.98 Å². The third-order valence-corrected chi connectivity index (χ3v) is 2.73. The lowest BCUT2D eigenvalue weighted by Crippen LogP contribution is -1.98. The van der Waals surface area contributed by atoms with Crippen LogP contribution in [0.2, 0.25) is 0 Å². The van der Waals surface area contributed by atoms with Gasteiger partial charge in [-0.2, -0.15) is 0 Å². The van der Waals surface area contributed by atoms with Crippen LogP contribution in [0.25, 0.3) is 0 Å². The summed E-state index contributed by atoms with van der Waals surface area (Å²) in [4.78, 5) is 7.40. The van der Waals surface area contributed by atoms with Gasteiger partial charge in [0, 0.05) is 11.3 Å². The van der Waals surface area contributed by atoms with Crippen LogP contribution in [0.1, 0.15) is 23.5 Å². The maximum atomic E-state index is 5.66. The zero-order valence-electron chi connectivity index (χ0n) is 6.56. The lowest BCUT2D eigenvalue weighted by molar-refractivity contribution is 0.893. The highest BCUT2D eigenvalue weighted by Gasteiger charge is 2.13. The average molecular weight is 201 g/mol. The molecule has 1 aromatic heterocycles. The quantitative estimate of drug-likeness (QED) is 0.557. The van der Waals surface area contributed by atoms with E-state index in [9.17, 15) is 0 Å². The molecule has 0 saturated heterocycles. The minimum Gasteiger partial charge on any atom is -0.346 e. The van der Waals surface area contributed by atoms with Crippen molar-refractivity contribution >= 4 is 23.8 Å². The van der Waals surface area contributed by atoms with Crippen molar-refractivity contribution in [1.82, 2.24) is 9.97 Å². The zero-order valence-corrected chi connectivity index (χ0v) is 8.13. The van der Waals surface area contributed by atoms with Crippen LogP contribution >= 0.6 is 23.8 Å². The predicted molar refractivity (Wildman–Crippen MR) is 51.0 cm³/mol. The van der Waals surface area contributed by atoms with Crippen molar-refractivity contribution in [2.24, 2.45) is 0 Å². The number of nitrogens with zero attached hydrogens (tertiary/aromatic N) is 1. The van der Waals surface area contributed by atoms with Gasteiger partial charge in [0.2, 0.25) is 0 Å². The number of hydrogen-bond donors (Lipinski definition) is 1. The molecule has 0 unspecified atom stereocenters. The highest BCUT2D eigenvalue weighted by molar-refractivity contribution is 7.71. The molecule has 0 aromatic carbocycles. The first-order valence-corrected chi connectivity index (χ1v) is 4.92. The standard InChI is InChI=1S/C8H9ClN2S/c9-4-7-10-6-3-1-2-5(6)8(12)11-7/h1-4H2,(H,10,11,12). The molecule has 1 aliphatic carbocycles. The van der Waals surface area contributed by atoms with E-state index in [2.05, 4.69) is 9.97 Å². The topological polar surface area (TPSA) is 28.7 Å². The van der Waals surface area contributed by atoms with Crippen LogP contribution < -0.4 is 0 Å². The molecule has 1 aliphatic rings. The SMILES string of the molecule is S=c1nc(CCl)[nH]c2c1CCC2. The summed E-state index contributed by atoms with van der Waals surface area (Å²) in [5, 5.41) is 0. The van der Waals surface area contributed by atoms with E-state index in [1.54, 1.807) is 0 Å². The first-order valence-electron chi connectivity index (χ1n) is 3.98. The predicted octanol–water partition coefficient (Wildman–Crippen LogP) is 2.37. The van der Waals surface area contributed by atoms with Crippen molar-refractivity contribution in [3.05, 3.63) is 21.7 Å². The van der Waals surface area contributed by atoms with E-state index in [1.807, 2.05) is 0 Å². The molecule has 0 bridgehead atoms. The molecular formula is C8H9ClN2S. The summed E-state index contributed by atoms with van der Waals surface area (Å²) in [5.41, 5.74) is 2.46. The minimum atomic E-state index is 0.414. The molecule has 0 amide bonds. The summed E-state index contributed by atoms with van der Waals surface area (Å²) >= 11 is 10.8. The number of aromatic amines is 1. The second-order valence-electron chi connectivity index (χ2n) is 2.93. The van der Waals surface area contributed by atoms with Gasteiger partial charge in [0.15, 0.2) is 0 Å². The summed E-state index contributed by atoms with van der Waals surface area (Å²) in [6, 6.07) is 0. The first-order chi connectivity index (χ1) is 5.81. The largest absolute Gasteiger partial charge is 0.346 e. The van der Waals surface area contributed by atoms with E-state index in [1.165, 1.54) is 17.7 Å². The van der Waals surface area contributed by atoms with Crippen LogP contribution in [0.3, 0.4) is 0 Å². The maximum Gasteiger partial charge on any atom is 0.133 e. The zero-order chi connectivity index (χ0) is 8.55. The van der Waals surface area contributed by atoms with Crippen LogP contribution in [-0.2, 0) is 18.7 Å². The monoisotopic (exact) mass is 200 g/mol. The van der Waals surface area contributed by atoms with Gasteiger partial charge in [0.25, 0.3) is 0 Å². The van der Waals surface area contributed by atoms with Crippen LogP contribution in [0.5, 0.6) is 0 Å². The van der Waals surface area contributed by atoms with E-state index in [0.717, 1.165) is 23.3 Å². The number of aryl methyl sites for hydroxylation is 1. The Morgan fingerprint density at radius 1 is 1.50 bits per heavy atom. The molecule has 2 rings (SSSR count). The number of hydrogen-bond acceptors (Lipinski definition) is 2. The lowest BCUT2D eigenvalue weighted by Gasteiger charge is -2.01. The molecule has 1 N–H and O–H groups in total. The Morgan fingerprint density at radius 3 is 3.08 bits per heavy atom. The molecule has 64 valence electrons. The van der Waals surface area contributed by atoms with Crippen LogP contribution in [0.4, 0.5) is 0 Å². The maximum absolute atomic E-state index is 5.66. The Kier molecular flexibility index (Phi) is 2.15. The number of nitrogens with one attached hydrogen (secondary N) is 1. The smallest absolute Gasteiger partial charge is 0.133 e. The molecular weight excluding hydrogens is 192 g/mol. The van der Waals surface area contributed by atoms with Crippen molar-refractivity contribution in [1.29, 1.82) is 0 Å². The summed E-state index contributed by atoms with van der Waals surface area (Å²) in [6.45, 7) is 0. The van der Waals surface area contributed by atoms with E-state index in [0.29, 0.717) is 5.88 Å². The molecule has 0 saturated carbocycles. The fourth-order valence-electron chi connectivity index (χ4n) is 1.57. The van der Waals surface area contributed by atoms with Gasteiger partial charge in [-0.3, -0.25) is 0 Å². The fourth-order valence-corrected chi connectivity index (χ4v) is 2.04. The van der Waals surface area contributed by atoms with Gasteiger partial charge in [-0.1, -0.05) is 12.2 Å². The Balaban J connectivity index is 2.59. The van der Waals surface area contributed by atoms with Gasteiger partial charge >= 0.3 is 0 Å². The highest BCUT2D eigenvalue weighted by Crippen LogP contribution is 2.20. The molecule has 1 heterocycles. The number of aromatic nitrogens is 2. The Morgan fingerprint density at radius 2 is 2.33 bits per heavy atom. The Labute approximate surface area is 81.0 Å². The first kappa shape index (κ1) is 8.20. The van der Waals surface area contributed by atoms with E-state index in [4.69, 9.17) is 23.8 Å². The second-order valence-corrected chi connectivity index (χ2v) is 3.59. The van der Waals surface area contributed by atoms with Crippen molar-refractivity contribution in [3.8, 4) is 0 Å². The molecule has 4 heteroatoms. The number of fused-ring (bicyclic) bond motifs is 1. The van der Waals surface area contributed by atoms with E-state index < -0.39 is 0 Å². The molecule has 12 heavy (non-hydrogen) atoms. The van der Waals surface area contributed by atoms with E-state index >= 15 is 0 Å². The van der Waals surface area contributed by atoms with Gasteiger partial charge in [-0.05, 0) is 19.3 Å². The highest BCUT2D eigenvalue weighted by atomic mass is 35.5. The fraction of sp³-hybridized carbons (Fsp3) is 0.500. The van der Waals surface area contributed by atoms with Crippen molar-refractivity contribution in [2.75, 3.05) is 0 Å². The molecule has 0 atom stereocenters. The van der Waals surface area contributed by atoms with Crippen molar-refractivity contribution in [2.45, 2.75) is 25.1 Å². The van der Waals surface area contributed by atoms with Crippen LogP contribution in [-0.4, -0.2) is 9.97 Å².